The maximum atomic E-state index is 12.5. The monoisotopic (exact) mass is 368 g/mol. The number of hydrogen-bond donors (Lipinski definition) is 1. The molecule has 3 rings (SSSR count). The number of nitrogens with zero attached hydrogens (tertiary/aromatic N) is 3. The first-order chi connectivity index (χ1) is 12.9. The van der Waals surface area contributed by atoms with Gasteiger partial charge in [-0.2, -0.15) is 0 Å². The third kappa shape index (κ3) is 4.48. The lowest BCUT2D eigenvalue weighted by Crippen LogP contribution is -2.47. The molecule has 2 aromatic carbocycles. The first-order valence-corrected chi connectivity index (χ1v) is 8.58. The highest BCUT2D eigenvalue weighted by molar-refractivity contribution is 6.04. The molecule has 8 heteroatoms. The molecule has 1 heterocycles. The second-order valence-corrected chi connectivity index (χ2v) is 6.43. The van der Waals surface area contributed by atoms with Gasteiger partial charge in [-0.25, -0.2) is 0 Å². The van der Waals surface area contributed by atoms with Crippen molar-refractivity contribution in [2.45, 2.75) is 0 Å². The fourth-order valence-electron chi connectivity index (χ4n) is 2.83. The summed E-state index contributed by atoms with van der Waals surface area (Å²) in [6, 6.07) is 12.1. The van der Waals surface area contributed by atoms with Gasteiger partial charge in [0.2, 0.25) is 0 Å². The Morgan fingerprint density at radius 1 is 0.926 bits per heavy atom. The molecule has 1 aliphatic rings. The van der Waals surface area contributed by atoms with Gasteiger partial charge < -0.3 is 15.1 Å². The van der Waals surface area contributed by atoms with Crippen LogP contribution in [0.5, 0.6) is 0 Å². The van der Waals surface area contributed by atoms with Crippen LogP contribution in [-0.2, 0) is 0 Å². The number of hydrogen-bond acceptors (Lipinski definition) is 5. The topological polar surface area (TPSA) is 95.8 Å². The molecular formula is C19H20N4O4. The molecule has 0 saturated carbocycles. The summed E-state index contributed by atoms with van der Waals surface area (Å²) in [6.07, 6.45) is 0. The van der Waals surface area contributed by atoms with Gasteiger partial charge in [-0.3, -0.25) is 19.7 Å². The zero-order valence-corrected chi connectivity index (χ0v) is 14.9. The van der Waals surface area contributed by atoms with E-state index in [0.29, 0.717) is 29.9 Å². The van der Waals surface area contributed by atoms with Crippen molar-refractivity contribution in [2.75, 3.05) is 38.5 Å². The number of nitrogens with one attached hydrogen (secondary N) is 1. The number of rotatable bonds is 4. The third-order valence-corrected chi connectivity index (χ3v) is 4.52. The van der Waals surface area contributed by atoms with Crippen LogP contribution < -0.4 is 5.32 Å². The van der Waals surface area contributed by atoms with Crippen LogP contribution in [-0.4, -0.2) is 59.8 Å². The van der Waals surface area contributed by atoms with Crippen LogP contribution in [0.4, 0.5) is 11.4 Å². The van der Waals surface area contributed by atoms with Gasteiger partial charge in [0.25, 0.3) is 17.5 Å². The minimum Gasteiger partial charge on any atom is -0.336 e. The highest BCUT2D eigenvalue weighted by atomic mass is 16.6. The number of nitro benzene ring substituents is 1. The molecule has 27 heavy (non-hydrogen) atoms. The molecular weight excluding hydrogens is 348 g/mol. The summed E-state index contributed by atoms with van der Waals surface area (Å²) in [6.45, 7) is 3.12. The van der Waals surface area contributed by atoms with Crippen molar-refractivity contribution < 1.29 is 14.5 Å². The molecule has 1 N–H and O–H groups in total. The third-order valence-electron chi connectivity index (χ3n) is 4.52. The van der Waals surface area contributed by atoms with Gasteiger partial charge in [0.15, 0.2) is 0 Å². The number of benzene rings is 2. The molecule has 0 aliphatic carbocycles. The van der Waals surface area contributed by atoms with E-state index in [1.54, 1.807) is 24.3 Å². The molecule has 140 valence electrons. The summed E-state index contributed by atoms with van der Waals surface area (Å²) >= 11 is 0. The fourth-order valence-corrected chi connectivity index (χ4v) is 2.83. The van der Waals surface area contributed by atoms with E-state index in [0.717, 1.165) is 13.1 Å². The van der Waals surface area contributed by atoms with E-state index >= 15 is 0 Å². The quantitative estimate of drug-likeness (QED) is 0.659. The average Bonchev–Trinajstić information content (AvgIpc) is 2.68. The van der Waals surface area contributed by atoms with Crippen LogP contribution in [0.3, 0.4) is 0 Å². The van der Waals surface area contributed by atoms with E-state index in [1.165, 1.54) is 24.3 Å². The van der Waals surface area contributed by atoms with Crippen LogP contribution in [0.15, 0.2) is 48.5 Å². The van der Waals surface area contributed by atoms with E-state index in [1.807, 2.05) is 11.9 Å². The summed E-state index contributed by atoms with van der Waals surface area (Å²) in [4.78, 5) is 38.9. The molecule has 0 radical (unpaired) electrons. The van der Waals surface area contributed by atoms with Crippen molar-refractivity contribution in [1.82, 2.24) is 9.80 Å². The molecule has 0 spiro atoms. The zero-order chi connectivity index (χ0) is 19.4. The molecule has 0 atom stereocenters. The first kappa shape index (κ1) is 18.5. The molecule has 0 bridgehead atoms. The lowest BCUT2D eigenvalue weighted by molar-refractivity contribution is -0.384. The second kappa shape index (κ2) is 7.96. The summed E-state index contributed by atoms with van der Waals surface area (Å²) in [5.74, 6) is -0.389. The summed E-state index contributed by atoms with van der Waals surface area (Å²) in [7, 11) is 2.03. The molecule has 1 fully saturated rings. The fraction of sp³-hybridized carbons (Fsp3) is 0.263. The molecule has 1 aliphatic heterocycles. The van der Waals surface area contributed by atoms with Gasteiger partial charge >= 0.3 is 0 Å². The molecule has 2 amide bonds. The normalized spacial score (nSPS) is 14.6. The Labute approximate surface area is 156 Å². The molecule has 1 saturated heterocycles. The van der Waals surface area contributed by atoms with Crippen molar-refractivity contribution in [3.63, 3.8) is 0 Å². The standard InChI is InChI=1S/C19H20N4O4/c1-21-10-12-22(13-11-21)19(25)15-2-6-16(7-3-15)20-18(24)14-4-8-17(9-5-14)23(26)27/h2-9H,10-13H2,1H3,(H,20,24). The van der Waals surface area contributed by atoms with Gasteiger partial charge in [-0.05, 0) is 43.4 Å². The van der Waals surface area contributed by atoms with E-state index in [-0.39, 0.29) is 17.5 Å². The van der Waals surface area contributed by atoms with Crippen molar-refractivity contribution in [1.29, 1.82) is 0 Å². The minimum absolute atomic E-state index is 0.0173. The summed E-state index contributed by atoms with van der Waals surface area (Å²) in [5, 5.41) is 13.4. The number of carbonyl (C=O) groups excluding carboxylic acids is 2. The van der Waals surface area contributed by atoms with Gasteiger partial charge in [-0.1, -0.05) is 0 Å². The van der Waals surface area contributed by atoms with Crippen LogP contribution in [0.25, 0.3) is 0 Å². The predicted molar refractivity (Wildman–Crippen MR) is 101 cm³/mol. The number of likely N-dealkylation sites (N-methyl/N-ethyl adjacent to an activating group) is 1. The molecule has 0 unspecified atom stereocenters. The lowest BCUT2D eigenvalue weighted by Gasteiger charge is -2.32. The SMILES string of the molecule is CN1CCN(C(=O)c2ccc(NC(=O)c3ccc([N+](=O)[O-])cc3)cc2)CC1. The Bertz CT molecular complexity index is 841. The maximum Gasteiger partial charge on any atom is 0.269 e. The Kier molecular flexibility index (Phi) is 5.46. The predicted octanol–water partition coefficient (Wildman–Crippen LogP) is 2.23. The van der Waals surface area contributed by atoms with Crippen LogP contribution in [0, 0.1) is 10.1 Å². The average molecular weight is 368 g/mol. The van der Waals surface area contributed by atoms with Gasteiger partial charge in [0.1, 0.15) is 0 Å². The Morgan fingerprint density at radius 3 is 2.04 bits per heavy atom. The summed E-state index contributed by atoms with van der Waals surface area (Å²) < 4.78 is 0. The zero-order valence-electron chi connectivity index (χ0n) is 14.9. The van der Waals surface area contributed by atoms with Crippen molar-refractivity contribution in [3.05, 3.63) is 69.8 Å². The smallest absolute Gasteiger partial charge is 0.269 e. The number of piperazine rings is 1. The summed E-state index contributed by atoms with van der Waals surface area (Å²) in [5.41, 5.74) is 1.37. The van der Waals surface area contributed by atoms with Gasteiger partial charge in [0.05, 0.1) is 4.92 Å². The number of amides is 2. The van der Waals surface area contributed by atoms with Crippen LogP contribution >= 0.6 is 0 Å². The van der Waals surface area contributed by atoms with Crippen LogP contribution in [0.1, 0.15) is 20.7 Å². The van der Waals surface area contributed by atoms with Crippen molar-refractivity contribution in [2.24, 2.45) is 0 Å². The Balaban J connectivity index is 1.62. The highest BCUT2D eigenvalue weighted by Crippen LogP contribution is 2.16. The number of nitro groups is 1. The Morgan fingerprint density at radius 2 is 1.48 bits per heavy atom. The number of non-ortho nitro benzene ring substituents is 1. The molecule has 8 nitrogen and oxygen atoms in total. The van der Waals surface area contributed by atoms with E-state index < -0.39 is 4.92 Å². The van der Waals surface area contributed by atoms with Gasteiger partial charge in [-0.15, -0.1) is 0 Å². The number of anilines is 1. The van der Waals surface area contributed by atoms with Crippen LogP contribution in [0.2, 0.25) is 0 Å². The maximum absolute atomic E-state index is 12.5. The van der Waals surface area contributed by atoms with Gasteiger partial charge in [0, 0.05) is 55.1 Å². The van der Waals surface area contributed by atoms with Crippen molar-refractivity contribution in [3.8, 4) is 0 Å². The molecule has 2 aromatic rings. The van der Waals surface area contributed by atoms with E-state index in [2.05, 4.69) is 10.2 Å². The van der Waals surface area contributed by atoms with E-state index in [4.69, 9.17) is 0 Å². The largest absolute Gasteiger partial charge is 0.336 e. The first-order valence-electron chi connectivity index (χ1n) is 8.58. The molecule has 0 aromatic heterocycles. The Hall–Kier alpha value is -3.26. The minimum atomic E-state index is -0.516. The van der Waals surface area contributed by atoms with Crippen molar-refractivity contribution >= 4 is 23.2 Å². The lowest BCUT2D eigenvalue weighted by atomic mass is 10.1. The second-order valence-electron chi connectivity index (χ2n) is 6.43. The highest BCUT2D eigenvalue weighted by Gasteiger charge is 2.20. The van der Waals surface area contributed by atoms with E-state index in [9.17, 15) is 19.7 Å². The number of carbonyl (C=O) groups is 2.